The normalized spacial score (nSPS) is 7.80. The summed E-state index contributed by atoms with van der Waals surface area (Å²) in [5.74, 6) is 4.72. The summed E-state index contributed by atoms with van der Waals surface area (Å²) in [5, 5.41) is 1.44. The first kappa shape index (κ1) is 5.53. The van der Waals surface area contributed by atoms with Gasteiger partial charge in [-0.3, -0.25) is 0 Å². The molecule has 0 aliphatic carbocycles. The van der Waals surface area contributed by atoms with Crippen molar-refractivity contribution in [1.29, 1.82) is 0 Å². The van der Waals surface area contributed by atoms with Gasteiger partial charge in [0.25, 0.3) is 14.1 Å². The Balaban J connectivity index is 0. The fourth-order valence-electron chi connectivity index (χ4n) is 0. The minimum absolute atomic E-state index is 0. The van der Waals surface area contributed by atoms with Crippen LogP contribution in [0.15, 0.2) is 0 Å². The number of hydrogen-bond acceptors (Lipinski definition) is 0. The highest BCUT2D eigenvalue weighted by atomic mass is 27.2. The first-order valence-electron chi connectivity index (χ1n) is 2.27. The lowest BCUT2D eigenvalue weighted by Crippen LogP contribution is -1.92. The molecule has 0 unspecified atom stereocenters. The third-order valence-electron chi connectivity index (χ3n) is 0.816. The lowest BCUT2D eigenvalue weighted by Gasteiger charge is -1.81. The average Bonchev–Trinajstić information content (AvgIpc) is 1.38. The van der Waals surface area contributed by atoms with E-state index in [4.69, 9.17) is 0 Å². The van der Waals surface area contributed by atoms with E-state index in [0.717, 1.165) is 0 Å². The van der Waals surface area contributed by atoms with Crippen LogP contribution >= 0.6 is 0 Å². The Kier molecular flexibility index (Phi) is 3.05. The smallest absolute Gasteiger partial charge is 0.106 e. The van der Waals surface area contributed by atoms with Gasteiger partial charge in [0.15, 0.2) is 0 Å². The first-order valence-corrected chi connectivity index (χ1v) is 5.40. The zero-order valence-corrected chi connectivity index (χ0v) is 5.44. The molecule has 1 heteroatoms. The Morgan fingerprint density at radius 3 is 1.80 bits per heavy atom. The van der Waals surface area contributed by atoms with E-state index in [1.165, 1.54) is 5.28 Å². The molecule has 0 rings (SSSR count). The lowest BCUT2D eigenvalue weighted by atomic mass is 11.0. The lowest BCUT2D eigenvalue weighted by molar-refractivity contribution is 1.41. The van der Waals surface area contributed by atoms with Gasteiger partial charge < -0.3 is 0 Å². The van der Waals surface area contributed by atoms with Crippen LogP contribution in [0.5, 0.6) is 0 Å². The monoisotopic (exact) mass is 88.1 g/mol. The van der Waals surface area contributed by atoms with Crippen molar-refractivity contribution in [2.45, 2.75) is 23.8 Å². The third-order valence-corrected chi connectivity index (χ3v) is 2.45. The van der Waals surface area contributed by atoms with Crippen LogP contribution in [0.4, 0.5) is 0 Å². The maximum atomic E-state index is 2.36. The molecule has 0 fully saturated rings. The minimum atomic E-state index is -0.150. The van der Waals surface area contributed by atoms with Gasteiger partial charge in [0.05, 0.1) is 0 Å². The molecule has 0 radical (unpaired) electrons. The van der Waals surface area contributed by atoms with Gasteiger partial charge in [-0.2, -0.15) is 0 Å². The summed E-state index contributed by atoms with van der Waals surface area (Å²) in [6, 6.07) is 0. The Morgan fingerprint density at radius 2 is 1.80 bits per heavy atom. The van der Waals surface area contributed by atoms with Crippen LogP contribution in [0.3, 0.4) is 0 Å². The summed E-state index contributed by atoms with van der Waals surface area (Å²) >= 11 is -0.150. The van der Waals surface area contributed by atoms with Crippen LogP contribution in [-0.4, -0.2) is 14.1 Å². The molecule has 0 spiro atoms. The van der Waals surface area contributed by atoms with Gasteiger partial charge in [0.1, 0.15) is 0 Å². The van der Waals surface area contributed by atoms with E-state index < -0.39 is 0 Å². The van der Waals surface area contributed by atoms with E-state index in [-0.39, 0.29) is 15.6 Å². The molecule has 32 valence electrons. The van der Waals surface area contributed by atoms with E-state index in [0.29, 0.717) is 0 Å². The molecule has 0 aromatic rings. The largest absolute Gasteiger partial charge is 0.254 e. The van der Waals surface area contributed by atoms with Gasteiger partial charge in [-0.15, -0.1) is 11.6 Å². The van der Waals surface area contributed by atoms with Crippen molar-refractivity contribution >= 4 is 14.1 Å². The molecule has 5 heavy (non-hydrogen) atoms. The Morgan fingerprint density at radius 1 is 1.60 bits per heavy atom. The molecule has 0 heterocycles. The average molecular weight is 88.1 g/mol. The highest BCUT2D eigenvalue weighted by molar-refractivity contribution is 6.55. The molecule has 0 aromatic carbocycles. The Bertz CT molecular complexity index is 21.5. The zero-order valence-electron chi connectivity index (χ0n) is 4.28. The van der Waals surface area contributed by atoms with Crippen LogP contribution in [-0.2, 0) is 0 Å². The van der Waals surface area contributed by atoms with Crippen LogP contribution in [0.1, 0.15) is 8.35 Å². The second-order valence-electron chi connectivity index (χ2n) is 1.80. The molecular formula is C4H13Al. The summed E-state index contributed by atoms with van der Waals surface area (Å²) < 4.78 is 0. The quantitative estimate of drug-likeness (QED) is 0.430. The van der Waals surface area contributed by atoms with E-state index >= 15 is 0 Å². The van der Waals surface area contributed by atoms with Gasteiger partial charge >= 0.3 is 0 Å². The van der Waals surface area contributed by atoms with E-state index in [1.807, 2.05) is 0 Å². The first-order chi connectivity index (χ1) is 2.27. The second-order valence-corrected chi connectivity index (χ2v) is 5.41. The van der Waals surface area contributed by atoms with Crippen LogP contribution < -0.4 is 0 Å². The summed E-state index contributed by atoms with van der Waals surface area (Å²) in [7, 11) is 0. The van der Waals surface area contributed by atoms with Gasteiger partial charge in [-0.1, -0.05) is 12.2 Å². The molecule has 0 N–H and O–H groups in total. The van der Waals surface area contributed by atoms with Crippen molar-refractivity contribution < 1.29 is 1.43 Å². The molecule has 0 aliphatic heterocycles. The van der Waals surface area contributed by atoms with Crippen molar-refractivity contribution in [3.05, 3.63) is 0 Å². The fraction of sp³-hybridized carbons (Fsp3) is 1.00. The summed E-state index contributed by atoms with van der Waals surface area (Å²) in [5.41, 5.74) is 0. The molecule has 0 aliphatic rings. The number of rotatable bonds is 1. The highest BCUT2D eigenvalue weighted by Crippen LogP contribution is 1.83. The number of hydrogen-bond donors (Lipinski definition) is 0. The fourth-order valence-corrected chi connectivity index (χ4v) is 0. The van der Waals surface area contributed by atoms with Crippen molar-refractivity contribution in [2.75, 3.05) is 0 Å². The highest BCUT2D eigenvalue weighted by Gasteiger charge is 1.91. The summed E-state index contributed by atoms with van der Waals surface area (Å²) in [6.07, 6.45) is 0. The summed E-state index contributed by atoms with van der Waals surface area (Å²) in [4.78, 5) is 0. The van der Waals surface area contributed by atoms with Crippen LogP contribution in [0.2, 0.25) is 16.9 Å². The molecule has 0 aromatic heterocycles. The Hall–Kier alpha value is 0.532. The standard InChI is InChI=1S/C2H5.2CH3.Al.H2/c1-2;;;;/h1H2,2H3;2*1H3;;1H. The molecule has 0 saturated carbocycles. The Labute approximate surface area is 40.1 Å². The van der Waals surface area contributed by atoms with Crippen molar-refractivity contribution in [3.8, 4) is 0 Å². The molecule has 0 bridgehead atoms. The molecule has 0 saturated heterocycles. The summed E-state index contributed by atoms with van der Waals surface area (Å²) in [6.45, 7) is 2.26. The van der Waals surface area contributed by atoms with Crippen molar-refractivity contribution in [3.63, 3.8) is 0 Å². The van der Waals surface area contributed by atoms with Gasteiger partial charge in [-0.05, 0) is 0 Å². The molecule has 0 nitrogen and oxygen atoms in total. The molecule has 0 amide bonds. The maximum Gasteiger partial charge on any atom is 0.254 e. The maximum absolute atomic E-state index is 2.36. The van der Waals surface area contributed by atoms with Crippen LogP contribution in [0.25, 0.3) is 0 Å². The van der Waals surface area contributed by atoms with Crippen molar-refractivity contribution in [1.82, 2.24) is 0 Å². The second kappa shape index (κ2) is 2.75. The van der Waals surface area contributed by atoms with E-state index in [1.54, 1.807) is 0 Å². The minimum Gasteiger partial charge on any atom is -0.106 e. The van der Waals surface area contributed by atoms with E-state index in [2.05, 4.69) is 18.5 Å². The van der Waals surface area contributed by atoms with Gasteiger partial charge in [0, 0.05) is 1.43 Å². The third kappa shape index (κ3) is 4.53. The molecule has 0 atom stereocenters. The molecular weight excluding hydrogens is 75.0 g/mol. The van der Waals surface area contributed by atoms with E-state index in [9.17, 15) is 0 Å². The van der Waals surface area contributed by atoms with Gasteiger partial charge in [0.2, 0.25) is 0 Å². The zero-order chi connectivity index (χ0) is 4.28. The van der Waals surface area contributed by atoms with Crippen LogP contribution in [0, 0.1) is 0 Å². The van der Waals surface area contributed by atoms with Crippen molar-refractivity contribution in [2.24, 2.45) is 0 Å². The van der Waals surface area contributed by atoms with Gasteiger partial charge in [-0.25, -0.2) is 0 Å². The SMILES string of the molecule is C[CH2][Al]([CH3])[CH3].[HH]. The topological polar surface area (TPSA) is 0 Å². The predicted octanol–water partition coefficient (Wildman–Crippen LogP) is 2.01. The predicted molar refractivity (Wildman–Crippen MR) is 30.1 cm³/mol.